The van der Waals surface area contributed by atoms with E-state index in [1.165, 1.54) is 0 Å². The number of piperazine rings is 1. The normalized spacial score (nSPS) is 13.8. The fourth-order valence-corrected chi connectivity index (χ4v) is 2.96. The number of halogens is 3. The third-order valence-corrected chi connectivity index (χ3v) is 4.50. The number of ether oxygens (including phenoxy) is 1. The molecule has 2 amide bonds. The highest BCUT2D eigenvalue weighted by molar-refractivity contribution is 5.95. The average molecular weight is 461 g/mol. The van der Waals surface area contributed by atoms with Crippen LogP contribution >= 0.6 is 0 Å². The smallest absolute Gasteiger partial charge is 0.490 e. The van der Waals surface area contributed by atoms with Crippen molar-refractivity contribution >= 4 is 17.8 Å². The minimum atomic E-state index is -5.08. The number of aliphatic carboxylic acids is 1. The number of hydrogen-bond donors (Lipinski definition) is 2. The summed E-state index contributed by atoms with van der Waals surface area (Å²) in [6, 6.07) is 7.16. The first kappa shape index (κ1) is 27.2. The van der Waals surface area contributed by atoms with Crippen molar-refractivity contribution in [3.63, 3.8) is 0 Å². The van der Waals surface area contributed by atoms with Crippen molar-refractivity contribution in [2.75, 3.05) is 46.4 Å². The fraction of sp³-hybridized carbons (Fsp3) is 0.571. The molecule has 0 atom stereocenters. The molecule has 1 aliphatic heterocycles. The van der Waals surface area contributed by atoms with Crippen LogP contribution in [0.15, 0.2) is 24.3 Å². The molecule has 1 fully saturated rings. The Morgan fingerprint density at radius 3 is 2.31 bits per heavy atom. The molecule has 2 N–H and O–H groups in total. The van der Waals surface area contributed by atoms with E-state index in [1.807, 2.05) is 17.0 Å². The third-order valence-electron chi connectivity index (χ3n) is 4.50. The maximum absolute atomic E-state index is 12.9. The summed E-state index contributed by atoms with van der Waals surface area (Å²) in [5.74, 6) is -1.70. The zero-order valence-corrected chi connectivity index (χ0v) is 18.4. The van der Waals surface area contributed by atoms with Crippen molar-refractivity contribution in [2.45, 2.75) is 26.4 Å². The predicted octanol–water partition coefficient (Wildman–Crippen LogP) is 2.25. The highest BCUT2D eigenvalue weighted by Crippen LogP contribution is 2.16. The van der Waals surface area contributed by atoms with Gasteiger partial charge in [0.05, 0.1) is 7.11 Å². The lowest BCUT2D eigenvalue weighted by Gasteiger charge is -2.29. The zero-order chi connectivity index (χ0) is 24.3. The summed E-state index contributed by atoms with van der Waals surface area (Å²) in [6.45, 7) is 8.38. The molecule has 180 valence electrons. The number of methoxy groups -OCH3 is 1. The molecule has 0 unspecified atom stereocenters. The van der Waals surface area contributed by atoms with Gasteiger partial charge in [0.25, 0.3) is 5.91 Å². The topological polar surface area (TPSA) is 99.2 Å². The van der Waals surface area contributed by atoms with Crippen LogP contribution in [0.25, 0.3) is 0 Å². The molecule has 0 bridgehead atoms. The van der Waals surface area contributed by atoms with Gasteiger partial charge in [-0.3, -0.25) is 9.59 Å². The minimum Gasteiger partial charge on any atom is -0.497 e. The molecule has 32 heavy (non-hydrogen) atoms. The van der Waals surface area contributed by atoms with E-state index in [0.29, 0.717) is 36.7 Å². The number of alkyl halides is 3. The fourth-order valence-electron chi connectivity index (χ4n) is 2.96. The van der Waals surface area contributed by atoms with Gasteiger partial charge >= 0.3 is 12.1 Å². The molecule has 1 aromatic rings. The number of nitrogens with zero attached hydrogens (tertiary/aromatic N) is 2. The van der Waals surface area contributed by atoms with Gasteiger partial charge in [-0.25, -0.2) is 4.79 Å². The minimum absolute atomic E-state index is 0.0549. The highest BCUT2D eigenvalue weighted by Gasteiger charge is 2.38. The first-order valence-electron chi connectivity index (χ1n) is 10.2. The summed E-state index contributed by atoms with van der Waals surface area (Å²) < 4.78 is 36.9. The van der Waals surface area contributed by atoms with Crippen LogP contribution in [0.1, 0.15) is 30.6 Å². The van der Waals surface area contributed by atoms with Gasteiger partial charge in [0, 0.05) is 51.3 Å². The van der Waals surface area contributed by atoms with Crippen LogP contribution in [0.2, 0.25) is 0 Å². The highest BCUT2D eigenvalue weighted by atomic mass is 19.4. The molecule has 1 aromatic carbocycles. The second-order valence-electron chi connectivity index (χ2n) is 7.56. The van der Waals surface area contributed by atoms with Crippen molar-refractivity contribution in [1.29, 1.82) is 0 Å². The molecular formula is C21H30F3N3O5. The van der Waals surface area contributed by atoms with Crippen LogP contribution in [0.5, 0.6) is 5.75 Å². The molecule has 0 radical (unpaired) electrons. The molecule has 1 saturated heterocycles. The quantitative estimate of drug-likeness (QED) is 0.646. The Bertz CT molecular complexity index is 765. The van der Waals surface area contributed by atoms with E-state index in [4.69, 9.17) is 14.6 Å². The van der Waals surface area contributed by atoms with Crippen LogP contribution in [0.3, 0.4) is 0 Å². The number of carbonyl (C=O) groups is 3. The second-order valence-corrected chi connectivity index (χ2v) is 7.56. The van der Waals surface area contributed by atoms with E-state index >= 15 is 0 Å². The lowest BCUT2D eigenvalue weighted by molar-refractivity contribution is -0.192. The number of benzene rings is 1. The number of rotatable bonds is 7. The van der Waals surface area contributed by atoms with Crippen LogP contribution in [-0.4, -0.2) is 85.2 Å². The molecule has 1 aliphatic rings. The van der Waals surface area contributed by atoms with Gasteiger partial charge in [-0.1, -0.05) is 19.9 Å². The van der Waals surface area contributed by atoms with Gasteiger partial charge in [0.2, 0.25) is 5.91 Å². The maximum atomic E-state index is 12.9. The Balaban J connectivity index is 0.000000633. The largest absolute Gasteiger partial charge is 0.497 e. The molecule has 0 aliphatic carbocycles. The van der Waals surface area contributed by atoms with Gasteiger partial charge in [0.1, 0.15) is 5.75 Å². The van der Waals surface area contributed by atoms with E-state index in [1.54, 1.807) is 24.1 Å². The Morgan fingerprint density at radius 1 is 1.22 bits per heavy atom. The monoisotopic (exact) mass is 461 g/mol. The standard InChI is InChI=1S/C19H29N3O3.C2HF3O2/c1-15(2)14-22(10-7-18(23)21-11-8-20-9-12-21)19(24)16-5-4-6-17(13-16)25-3;3-2(4,5)1(6)7/h4-6,13,15,20H,7-12,14H2,1-3H3;(H,6,7). The van der Waals surface area contributed by atoms with Gasteiger partial charge in [0.15, 0.2) is 0 Å². The summed E-state index contributed by atoms with van der Waals surface area (Å²) in [7, 11) is 1.58. The summed E-state index contributed by atoms with van der Waals surface area (Å²) in [5, 5.41) is 10.4. The Kier molecular flexibility index (Phi) is 11.0. The first-order valence-corrected chi connectivity index (χ1v) is 10.2. The van der Waals surface area contributed by atoms with Crippen LogP contribution in [0.4, 0.5) is 13.2 Å². The second kappa shape index (κ2) is 12.9. The van der Waals surface area contributed by atoms with Gasteiger partial charge < -0.3 is 25.0 Å². The maximum Gasteiger partial charge on any atom is 0.490 e. The predicted molar refractivity (Wildman–Crippen MR) is 111 cm³/mol. The number of hydrogen-bond acceptors (Lipinski definition) is 5. The molecule has 2 rings (SSSR count). The van der Waals surface area contributed by atoms with Crippen molar-refractivity contribution in [3.8, 4) is 5.75 Å². The van der Waals surface area contributed by atoms with Crippen molar-refractivity contribution in [3.05, 3.63) is 29.8 Å². The summed E-state index contributed by atoms with van der Waals surface area (Å²) in [4.78, 5) is 37.8. The third kappa shape index (κ3) is 9.54. The van der Waals surface area contributed by atoms with Crippen molar-refractivity contribution in [1.82, 2.24) is 15.1 Å². The van der Waals surface area contributed by atoms with Gasteiger partial charge in [-0.15, -0.1) is 0 Å². The Hall–Kier alpha value is -2.82. The van der Waals surface area contributed by atoms with Crippen LogP contribution < -0.4 is 10.1 Å². The molecule has 0 saturated carbocycles. The molecule has 1 heterocycles. The van der Waals surface area contributed by atoms with Crippen LogP contribution in [-0.2, 0) is 9.59 Å². The molecule has 0 spiro atoms. The Labute approximate surface area is 185 Å². The van der Waals surface area contributed by atoms with E-state index < -0.39 is 12.1 Å². The molecular weight excluding hydrogens is 431 g/mol. The average Bonchev–Trinajstić information content (AvgIpc) is 2.76. The number of nitrogens with one attached hydrogen (secondary N) is 1. The van der Waals surface area contributed by atoms with Gasteiger partial charge in [-0.2, -0.15) is 13.2 Å². The van der Waals surface area contributed by atoms with Gasteiger partial charge in [-0.05, 0) is 24.1 Å². The number of carbonyl (C=O) groups excluding carboxylic acids is 2. The number of carboxylic acids is 1. The van der Waals surface area contributed by atoms with E-state index in [0.717, 1.165) is 26.2 Å². The van der Waals surface area contributed by atoms with E-state index in [-0.39, 0.29) is 11.8 Å². The van der Waals surface area contributed by atoms with E-state index in [2.05, 4.69) is 19.2 Å². The number of carboxylic acid groups (broad SMARTS) is 1. The summed E-state index contributed by atoms with van der Waals surface area (Å²) in [6.07, 6.45) is -4.72. The summed E-state index contributed by atoms with van der Waals surface area (Å²) >= 11 is 0. The molecule has 11 heteroatoms. The SMILES string of the molecule is COc1cccc(C(=O)N(CCC(=O)N2CCNCC2)CC(C)C)c1.O=C(O)C(F)(F)F. The first-order chi connectivity index (χ1) is 15.0. The lowest BCUT2D eigenvalue weighted by Crippen LogP contribution is -2.47. The lowest BCUT2D eigenvalue weighted by atomic mass is 10.1. The molecule has 8 nitrogen and oxygen atoms in total. The van der Waals surface area contributed by atoms with Crippen LogP contribution in [0, 0.1) is 5.92 Å². The van der Waals surface area contributed by atoms with E-state index in [9.17, 15) is 22.8 Å². The number of amides is 2. The van der Waals surface area contributed by atoms with Crippen molar-refractivity contribution in [2.24, 2.45) is 5.92 Å². The summed E-state index contributed by atoms with van der Waals surface area (Å²) in [5.41, 5.74) is 0.592. The zero-order valence-electron chi connectivity index (χ0n) is 18.4. The van der Waals surface area contributed by atoms with Crippen molar-refractivity contribution < 1.29 is 37.4 Å². The molecule has 0 aromatic heterocycles. The Morgan fingerprint density at radius 2 is 1.81 bits per heavy atom.